The van der Waals surface area contributed by atoms with Gasteiger partial charge in [0.15, 0.2) is 6.19 Å². The summed E-state index contributed by atoms with van der Waals surface area (Å²) >= 11 is 1.59. The molecule has 0 bridgehead atoms. The molecule has 2 rings (SSSR count). The van der Waals surface area contributed by atoms with Crippen molar-refractivity contribution in [2.24, 2.45) is 0 Å². The van der Waals surface area contributed by atoms with Gasteiger partial charge in [-0.15, -0.1) is 11.3 Å². The first-order chi connectivity index (χ1) is 13.1. The second-order valence-corrected chi connectivity index (χ2v) is 7.26. The molecule has 1 unspecified atom stereocenters. The number of alkyl carbamates (subject to hydrolysis) is 1. The van der Waals surface area contributed by atoms with Crippen molar-refractivity contribution in [3.8, 4) is 6.19 Å². The van der Waals surface area contributed by atoms with Crippen molar-refractivity contribution in [3.05, 3.63) is 35.2 Å². The Morgan fingerprint density at radius 2 is 2.07 bits per heavy atom. The van der Waals surface area contributed by atoms with Crippen LogP contribution in [0.15, 0.2) is 29.6 Å². The van der Waals surface area contributed by atoms with E-state index in [1.165, 1.54) is 7.05 Å². The molecule has 27 heavy (non-hydrogen) atoms. The lowest BCUT2D eigenvalue weighted by Crippen LogP contribution is -2.47. The minimum absolute atomic E-state index is 0.305. The number of benzene rings is 1. The predicted octanol–water partition coefficient (Wildman–Crippen LogP) is 4.06. The smallest absolute Gasteiger partial charge is 0.407 e. The number of carbonyl (C=O) groups excluding carboxylic acids is 2. The lowest BCUT2D eigenvalue weighted by Gasteiger charge is -2.20. The van der Waals surface area contributed by atoms with Crippen LogP contribution in [0.1, 0.15) is 38.2 Å². The minimum atomic E-state index is -0.851. The van der Waals surface area contributed by atoms with Gasteiger partial charge in [0, 0.05) is 18.2 Å². The molecular formula is C20H25N3O3S. The van der Waals surface area contributed by atoms with E-state index in [0.29, 0.717) is 13.0 Å². The van der Waals surface area contributed by atoms with E-state index in [2.05, 4.69) is 12.2 Å². The molecule has 0 fully saturated rings. The SMILES string of the molecule is CCCCCCOC(=O)NC(Cc1csc2ccccc12)C(=O)N(C)C#N. The fourth-order valence-electron chi connectivity index (χ4n) is 2.77. The van der Waals surface area contributed by atoms with Crippen LogP contribution >= 0.6 is 11.3 Å². The zero-order chi connectivity index (χ0) is 19.6. The van der Waals surface area contributed by atoms with Gasteiger partial charge >= 0.3 is 6.09 Å². The van der Waals surface area contributed by atoms with Crippen LogP contribution in [-0.2, 0) is 16.0 Å². The van der Waals surface area contributed by atoms with Gasteiger partial charge in [-0.25, -0.2) is 4.79 Å². The summed E-state index contributed by atoms with van der Waals surface area (Å²) in [6, 6.07) is 7.05. The van der Waals surface area contributed by atoms with Gasteiger partial charge in [-0.3, -0.25) is 9.69 Å². The molecule has 0 saturated heterocycles. The Morgan fingerprint density at radius 3 is 2.81 bits per heavy atom. The monoisotopic (exact) mass is 387 g/mol. The first-order valence-electron chi connectivity index (χ1n) is 9.12. The van der Waals surface area contributed by atoms with Crippen molar-refractivity contribution in [1.82, 2.24) is 10.2 Å². The largest absolute Gasteiger partial charge is 0.450 e. The summed E-state index contributed by atoms with van der Waals surface area (Å²) in [5, 5.41) is 14.7. The molecule has 0 spiro atoms. The van der Waals surface area contributed by atoms with E-state index < -0.39 is 18.0 Å². The molecule has 1 aromatic carbocycles. The highest BCUT2D eigenvalue weighted by Crippen LogP contribution is 2.26. The minimum Gasteiger partial charge on any atom is -0.450 e. The predicted molar refractivity (Wildman–Crippen MR) is 106 cm³/mol. The third kappa shape index (κ3) is 5.97. The fourth-order valence-corrected chi connectivity index (χ4v) is 3.75. The van der Waals surface area contributed by atoms with Gasteiger partial charge < -0.3 is 10.1 Å². The van der Waals surface area contributed by atoms with Gasteiger partial charge in [-0.1, -0.05) is 44.4 Å². The zero-order valence-electron chi connectivity index (χ0n) is 15.7. The average molecular weight is 388 g/mol. The molecule has 0 aliphatic rings. The number of ether oxygens (including phenoxy) is 1. The fraction of sp³-hybridized carbons (Fsp3) is 0.450. The van der Waals surface area contributed by atoms with Crippen LogP contribution in [0.3, 0.4) is 0 Å². The van der Waals surface area contributed by atoms with Crippen LogP contribution in [0.4, 0.5) is 4.79 Å². The third-order valence-corrected chi connectivity index (χ3v) is 5.30. The second-order valence-electron chi connectivity index (χ2n) is 6.35. The van der Waals surface area contributed by atoms with E-state index in [9.17, 15) is 9.59 Å². The van der Waals surface area contributed by atoms with Crippen molar-refractivity contribution >= 4 is 33.4 Å². The lowest BCUT2D eigenvalue weighted by molar-refractivity contribution is -0.129. The van der Waals surface area contributed by atoms with Crippen molar-refractivity contribution in [2.75, 3.05) is 13.7 Å². The van der Waals surface area contributed by atoms with Crippen LogP contribution < -0.4 is 5.32 Å². The molecule has 144 valence electrons. The highest BCUT2D eigenvalue weighted by atomic mass is 32.1. The standard InChI is InChI=1S/C20H25N3O3S/c1-3-4-5-8-11-26-20(25)22-17(19(24)23(2)14-21)12-15-13-27-18-10-7-6-9-16(15)18/h6-7,9-10,13,17H,3-5,8,11-12H2,1-2H3,(H,22,25). The summed E-state index contributed by atoms with van der Waals surface area (Å²) in [4.78, 5) is 25.6. The number of unbranched alkanes of at least 4 members (excludes halogenated alkanes) is 3. The average Bonchev–Trinajstić information content (AvgIpc) is 3.09. The zero-order valence-corrected chi connectivity index (χ0v) is 16.6. The van der Waals surface area contributed by atoms with E-state index in [4.69, 9.17) is 10.00 Å². The number of hydrogen-bond acceptors (Lipinski definition) is 5. The molecule has 2 aromatic rings. The number of likely N-dealkylation sites (N-methyl/N-ethyl adjacent to an activating group) is 1. The summed E-state index contributed by atoms with van der Waals surface area (Å²) in [5.41, 5.74) is 0.962. The second kappa shape index (κ2) is 10.5. The molecule has 1 heterocycles. The maximum absolute atomic E-state index is 12.5. The summed E-state index contributed by atoms with van der Waals surface area (Å²) in [6.07, 6.45) is 5.49. The molecule has 0 aliphatic carbocycles. The molecule has 6 nitrogen and oxygen atoms in total. The van der Waals surface area contributed by atoms with Crippen molar-refractivity contribution in [1.29, 1.82) is 5.26 Å². The van der Waals surface area contributed by atoms with E-state index >= 15 is 0 Å². The topological polar surface area (TPSA) is 82.4 Å². The van der Waals surface area contributed by atoms with Gasteiger partial charge in [0.25, 0.3) is 5.91 Å². The van der Waals surface area contributed by atoms with Gasteiger partial charge in [0.05, 0.1) is 6.61 Å². The van der Waals surface area contributed by atoms with Crippen LogP contribution in [0.5, 0.6) is 0 Å². The molecule has 2 amide bonds. The molecule has 1 atom stereocenters. The molecule has 0 saturated carbocycles. The molecule has 1 N–H and O–H groups in total. The van der Waals surface area contributed by atoms with Crippen LogP contribution in [-0.4, -0.2) is 36.6 Å². The number of rotatable bonds is 9. The number of nitrogens with one attached hydrogen (secondary N) is 1. The molecule has 0 radical (unpaired) electrons. The number of nitriles is 1. The van der Waals surface area contributed by atoms with Crippen LogP contribution in [0.25, 0.3) is 10.1 Å². The van der Waals surface area contributed by atoms with Gasteiger partial charge in [-0.05, 0) is 28.8 Å². The summed E-state index contributed by atoms with van der Waals surface area (Å²) < 4.78 is 6.30. The summed E-state index contributed by atoms with van der Waals surface area (Å²) in [5.74, 6) is -0.462. The molecule has 0 aliphatic heterocycles. The van der Waals surface area contributed by atoms with E-state index in [0.717, 1.165) is 46.2 Å². The van der Waals surface area contributed by atoms with E-state index in [-0.39, 0.29) is 0 Å². The Labute approximate surface area is 163 Å². The Morgan fingerprint density at radius 1 is 1.30 bits per heavy atom. The van der Waals surface area contributed by atoms with Gasteiger partial charge in [0.1, 0.15) is 6.04 Å². The maximum Gasteiger partial charge on any atom is 0.407 e. The van der Waals surface area contributed by atoms with Crippen molar-refractivity contribution in [2.45, 2.75) is 45.1 Å². The molecule has 1 aromatic heterocycles. The van der Waals surface area contributed by atoms with Crippen LogP contribution in [0.2, 0.25) is 0 Å². The lowest BCUT2D eigenvalue weighted by atomic mass is 10.0. The summed E-state index contributed by atoms with van der Waals surface area (Å²) in [7, 11) is 1.39. The number of thiophene rings is 1. The Kier molecular flexibility index (Phi) is 8.08. The molecule has 7 heteroatoms. The summed E-state index contributed by atoms with van der Waals surface area (Å²) in [6.45, 7) is 2.44. The normalized spacial score (nSPS) is 11.6. The number of fused-ring (bicyclic) bond motifs is 1. The highest BCUT2D eigenvalue weighted by Gasteiger charge is 2.26. The van der Waals surface area contributed by atoms with Crippen molar-refractivity contribution < 1.29 is 14.3 Å². The first-order valence-corrected chi connectivity index (χ1v) is 10.0. The van der Waals surface area contributed by atoms with Gasteiger partial charge in [-0.2, -0.15) is 5.26 Å². The maximum atomic E-state index is 12.5. The molecular weight excluding hydrogens is 362 g/mol. The number of nitrogens with zero attached hydrogens (tertiary/aromatic N) is 2. The number of amides is 2. The number of carbonyl (C=O) groups is 2. The van der Waals surface area contributed by atoms with E-state index in [1.807, 2.05) is 29.6 Å². The Bertz CT molecular complexity index is 812. The van der Waals surface area contributed by atoms with Crippen molar-refractivity contribution in [3.63, 3.8) is 0 Å². The highest BCUT2D eigenvalue weighted by molar-refractivity contribution is 7.17. The Hall–Kier alpha value is -2.59. The van der Waals surface area contributed by atoms with Gasteiger partial charge in [0.2, 0.25) is 0 Å². The first kappa shape index (κ1) is 20.7. The third-order valence-electron chi connectivity index (χ3n) is 4.29. The van der Waals surface area contributed by atoms with Crippen LogP contribution in [0, 0.1) is 11.5 Å². The number of hydrogen-bond donors (Lipinski definition) is 1. The quantitative estimate of drug-likeness (QED) is 0.400. The Balaban J connectivity index is 2.04. The van der Waals surface area contributed by atoms with E-state index in [1.54, 1.807) is 17.5 Å².